The van der Waals surface area contributed by atoms with Crippen molar-refractivity contribution in [3.8, 4) is 0 Å². The molecule has 13 heteroatoms. The normalized spacial score (nSPS) is 11.3. The van der Waals surface area contributed by atoms with Gasteiger partial charge in [0.2, 0.25) is 5.82 Å². The molecule has 0 saturated carbocycles. The number of pyridine rings is 1. The predicted octanol–water partition coefficient (Wildman–Crippen LogP) is 1.68. The van der Waals surface area contributed by atoms with Gasteiger partial charge in [0.25, 0.3) is 5.91 Å². The Morgan fingerprint density at radius 1 is 1.23 bits per heavy atom. The van der Waals surface area contributed by atoms with Gasteiger partial charge in [0, 0.05) is 18.8 Å². The molecule has 0 unspecified atom stereocenters. The van der Waals surface area contributed by atoms with Crippen LogP contribution in [0.2, 0.25) is 0 Å². The van der Waals surface area contributed by atoms with Gasteiger partial charge in [0.1, 0.15) is 5.82 Å². The van der Waals surface area contributed by atoms with Crippen molar-refractivity contribution in [2.45, 2.75) is 19.6 Å². The van der Waals surface area contributed by atoms with Crippen LogP contribution in [0, 0.1) is 6.92 Å². The van der Waals surface area contributed by atoms with E-state index >= 15 is 0 Å². The Kier molecular flexibility index (Phi) is 7.10. The van der Waals surface area contributed by atoms with Gasteiger partial charge in [0.15, 0.2) is 5.65 Å². The van der Waals surface area contributed by atoms with Gasteiger partial charge in [-0.3, -0.25) is 9.20 Å². The second-order valence-corrected chi connectivity index (χ2v) is 6.41. The minimum atomic E-state index is -5.08. The molecule has 0 fully saturated rings. The monoisotopic (exact) mass is 427 g/mol. The van der Waals surface area contributed by atoms with Crippen LogP contribution in [0.4, 0.5) is 19.0 Å². The number of aliphatic carboxylic acids is 1. The maximum Gasteiger partial charge on any atom is 0.490 e. The Labute approximate surface area is 168 Å². The molecule has 2 N–H and O–H groups in total. The first-order valence-corrected chi connectivity index (χ1v) is 8.59. The van der Waals surface area contributed by atoms with Gasteiger partial charge in [-0.05, 0) is 32.6 Å². The lowest BCUT2D eigenvalue weighted by atomic mass is 10.3. The fraction of sp³-hybridized carbons (Fsp3) is 0.353. The summed E-state index contributed by atoms with van der Waals surface area (Å²) in [4.78, 5) is 23.5. The smallest absolute Gasteiger partial charge is 0.475 e. The van der Waals surface area contributed by atoms with Crippen molar-refractivity contribution < 1.29 is 27.9 Å². The molecule has 0 spiro atoms. The molecule has 0 saturated heterocycles. The molecule has 3 aromatic heterocycles. The summed E-state index contributed by atoms with van der Waals surface area (Å²) in [6, 6.07) is 5.56. The number of carboxylic acid groups (broad SMARTS) is 1. The molecule has 0 aliphatic heterocycles. The van der Waals surface area contributed by atoms with E-state index in [1.165, 1.54) is 0 Å². The zero-order valence-corrected chi connectivity index (χ0v) is 16.4. The summed E-state index contributed by atoms with van der Waals surface area (Å²) in [5.74, 6) is -2.17. The second kappa shape index (κ2) is 9.35. The van der Waals surface area contributed by atoms with Crippen LogP contribution in [0.15, 0.2) is 30.6 Å². The number of carboxylic acids is 1. The first-order valence-electron chi connectivity index (χ1n) is 8.59. The number of likely N-dealkylation sites (N-methyl/N-ethyl adjacent to an activating group) is 1. The zero-order valence-electron chi connectivity index (χ0n) is 16.4. The van der Waals surface area contributed by atoms with E-state index in [2.05, 4.69) is 25.5 Å². The molecule has 3 heterocycles. The Balaban J connectivity index is 0.000000396. The summed E-state index contributed by atoms with van der Waals surface area (Å²) < 4.78 is 35.2. The van der Waals surface area contributed by atoms with Gasteiger partial charge in [-0.2, -0.15) is 18.3 Å². The highest BCUT2D eigenvalue weighted by atomic mass is 19.4. The van der Waals surface area contributed by atoms with E-state index in [0.717, 1.165) is 12.1 Å². The fourth-order valence-electron chi connectivity index (χ4n) is 2.29. The molecule has 0 aromatic carbocycles. The number of carbonyl (C=O) groups is 2. The van der Waals surface area contributed by atoms with Crippen LogP contribution >= 0.6 is 0 Å². The van der Waals surface area contributed by atoms with Crippen molar-refractivity contribution >= 4 is 23.3 Å². The van der Waals surface area contributed by atoms with Crippen molar-refractivity contribution in [1.82, 2.24) is 29.3 Å². The van der Waals surface area contributed by atoms with Crippen LogP contribution in [0.3, 0.4) is 0 Å². The maximum absolute atomic E-state index is 12.5. The molecule has 0 aliphatic carbocycles. The van der Waals surface area contributed by atoms with Crippen LogP contribution in [-0.4, -0.2) is 73.1 Å². The molecule has 3 aromatic rings. The number of amides is 1. The summed E-state index contributed by atoms with van der Waals surface area (Å²) in [6.07, 6.45) is -1.64. The Bertz CT molecular complexity index is 1030. The average Bonchev–Trinajstić information content (AvgIpc) is 3.27. The van der Waals surface area contributed by atoms with Crippen LogP contribution in [-0.2, 0) is 11.3 Å². The standard InChI is InChI=1S/C15H19N7O.C2HF3O2/c1-11-5-4-8-21-13(11)18-19-14(21)15(23)17-12-6-7-16-22(12)10-9-20(2)3;3-2(4,5)1(6)7/h4-8H,9-10H2,1-3H3,(H,17,23);(H,6,7). The van der Waals surface area contributed by atoms with E-state index in [1.807, 2.05) is 33.2 Å². The molecule has 0 bridgehead atoms. The SMILES string of the molecule is Cc1cccn2c(C(=O)Nc3ccnn3CCN(C)C)nnc12.O=C(O)C(F)(F)F. The minimum absolute atomic E-state index is 0.254. The minimum Gasteiger partial charge on any atom is -0.475 e. The number of nitrogens with zero attached hydrogens (tertiary/aromatic N) is 6. The quantitative estimate of drug-likeness (QED) is 0.636. The number of rotatable bonds is 5. The lowest BCUT2D eigenvalue weighted by molar-refractivity contribution is -0.192. The molecule has 162 valence electrons. The molecule has 0 aliphatic rings. The van der Waals surface area contributed by atoms with E-state index in [1.54, 1.807) is 27.5 Å². The number of anilines is 1. The third-order valence-electron chi connectivity index (χ3n) is 3.79. The maximum atomic E-state index is 12.5. The lowest BCUT2D eigenvalue weighted by Crippen LogP contribution is -2.22. The first-order chi connectivity index (χ1) is 14.0. The number of aryl methyl sites for hydroxylation is 1. The van der Waals surface area contributed by atoms with Gasteiger partial charge >= 0.3 is 12.1 Å². The topological polar surface area (TPSA) is 118 Å². The third kappa shape index (κ3) is 5.76. The van der Waals surface area contributed by atoms with E-state index in [-0.39, 0.29) is 11.7 Å². The van der Waals surface area contributed by atoms with Crippen LogP contribution in [0.1, 0.15) is 16.2 Å². The van der Waals surface area contributed by atoms with Crippen molar-refractivity contribution in [3.05, 3.63) is 42.0 Å². The van der Waals surface area contributed by atoms with Crippen molar-refractivity contribution in [3.63, 3.8) is 0 Å². The van der Waals surface area contributed by atoms with Gasteiger partial charge in [-0.25, -0.2) is 9.48 Å². The van der Waals surface area contributed by atoms with Crippen molar-refractivity contribution in [2.75, 3.05) is 26.0 Å². The van der Waals surface area contributed by atoms with Crippen molar-refractivity contribution in [1.29, 1.82) is 0 Å². The highest BCUT2D eigenvalue weighted by molar-refractivity contribution is 6.01. The van der Waals surface area contributed by atoms with E-state index in [4.69, 9.17) is 9.90 Å². The van der Waals surface area contributed by atoms with Gasteiger partial charge in [-0.1, -0.05) is 6.07 Å². The Morgan fingerprint density at radius 2 is 1.90 bits per heavy atom. The summed E-state index contributed by atoms with van der Waals surface area (Å²) >= 11 is 0. The molecule has 10 nitrogen and oxygen atoms in total. The number of carbonyl (C=O) groups excluding carboxylic acids is 1. The number of hydrogen-bond acceptors (Lipinski definition) is 6. The lowest BCUT2D eigenvalue weighted by Gasteiger charge is -2.12. The van der Waals surface area contributed by atoms with Crippen molar-refractivity contribution in [2.24, 2.45) is 0 Å². The number of alkyl halides is 3. The molecule has 0 atom stereocenters. The molecule has 3 rings (SSSR count). The Hall–Kier alpha value is -3.48. The average molecular weight is 427 g/mol. The summed E-state index contributed by atoms with van der Waals surface area (Å²) in [5, 5.41) is 22.3. The van der Waals surface area contributed by atoms with E-state index in [0.29, 0.717) is 18.0 Å². The molecular weight excluding hydrogens is 407 g/mol. The van der Waals surface area contributed by atoms with Gasteiger partial charge in [-0.15, -0.1) is 10.2 Å². The molecule has 1 amide bonds. The number of halogens is 3. The summed E-state index contributed by atoms with van der Waals surface area (Å²) in [5.41, 5.74) is 1.65. The predicted molar refractivity (Wildman–Crippen MR) is 100 cm³/mol. The first kappa shape index (κ1) is 22.8. The number of fused-ring (bicyclic) bond motifs is 1. The fourth-order valence-corrected chi connectivity index (χ4v) is 2.29. The van der Waals surface area contributed by atoms with E-state index in [9.17, 15) is 18.0 Å². The van der Waals surface area contributed by atoms with Crippen LogP contribution in [0.5, 0.6) is 0 Å². The summed E-state index contributed by atoms with van der Waals surface area (Å²) in [7, 11) is 3.98. The number of nitrogens with one attached hydrogen (secondary N) is 1. The number of hydrogen-bond donors (Lipinski definition) is 2. The molecular formula is C17H20F3N7O3. The Morgan fingerprint density at radius 3 is 2.50 bits per heavy atom. The highest BCUT2D eigenvalue weighted by Gasteiger charge is 2.38. The largest absolute Gasteiger partial charge is 0.490 e. The van der Waals surface area contributed by atoms with Crippen LogP contribution in [0.25, 0.3) is 5.65 Å². The zero-order chi connectivity index (χ0) is 22.5. The second-order valence-electron chi connectivity index (χ2n) is 6.41. The molecule has 30 heavy (non-hydrogen) atoms. The molecule has 0 radical (unpaired) electrons. The van der Waals surface area contributed by atoms with E-state index < -0.39 is 12.1 Å². The third-order valence-corrected chi connectivity index (χ3v) is 3.79. The van der Waals surface area contributed by atoms with Crippen LogP contribution < -0.4 is 5.32 Å². The highest BCUT2D eigenvalue weighted by Crippen LogP contribution is 2.13. The van der Waals surface area contributed by atoms with Gasteiger partial charge < -0.3 is 15.3 Å². The summed E-state index contributed by atoms with van der Waals surface area (Å²) in [6.45, 7) is 3.45. The van der Waals surface area contributed by atoms with Gasteiger partial charge in [0.05, 0.1) is 12.7 Å². The number of aromatic nitrogens is 5.